The van der Waals surface area contributed by atoms with Gasteiger partial charge in [0.1, 0.15) is 11.6 Å². The Balaban J connectivity index is 1.58. The van der Waals surface area contributed by atoms with Crippen molar-refractivity contribution < 1.29 is 18.7 Å². The summed E-state index contributed by atoms with van der Waals surface area (Å²) in [5, 5.41) is 10.9. The largest absolute Gasteiger partial charge is 0.387 e. The molecular weight excluding hydrogens is 300 g/mol. The lowest BCUT2D eigenvalue weighted by atomic mass is 9.69. The Hall–Kier alpha value is -1.49. The first-order valence-corrected chi connectivity index (χ1v) is 8.34. The molecule has 1 heterocycles. The zero-order valence-electron chi connectivity index (χ0n) is 13.4. The van der Waals surface area contributed by atoms with Crippen molar-refractivity contribution in [3.05, 3.63) is 35.4 Å². The second-order valence-corrected chi connectivity index (χ2v) is 7.03. The third-order valence-electron chi connectivity index (χ3n) is 5.58. The summed E-state index contributed by atoms with van der Waals surface area (Å²) in [6.45, 7) is 2.92. The van der Waals surface area contributed by atoms with E-state index < -0.39 is 17.2 Å². The van der Waals surface area contributed by atoms with E-state index in [0.29, 0.717) is 24.6 Å². The highest BCUT2D eigenvalue weighted by Crippen LogP contribution is 2.44. The predicted molar refractivity (Wildman–Crippen MR) is 82.7 cm³/mol. The molecule has 0 spiro atoms. The van der Waals surface area contributed by atoms with Gasteiger partial charge >= 0.3 is 0 Å². The molecule has 1 N–H and O–H groups in total. The summed E-state index contributed by atoms with van der Waals surface area (Å²) in [7, 11) is 0. The Morgan fingerprint density at radius 3 is 2.74 bits per heavy atom. The van der Waals surface area contributed by atoms with Crippen LogP contribution in [0, 0.1) is 23.5 Å². The molecule has 0 radical (unpaired) electrons. The monoisotopic (exact) mass is 323 g/mol. The van der Waals surface area contributed by atoms with Crippen LogP contribution in [0.4, 0.5) is 8.78 Å². The van der Waals surface area contributed by atoms with Crippen molar-refractivity contribution in [2.24, 2.45) is 11.8 Å². The normalized spacial score (nSPS) is 28.0. The maximum Gasteiger partial charge on any atom is 0.223 e. The Labute approximate surface area is 135 Å². The van der Waals surface area contributed by atoms with Gasteiger partial charge in [0.15, 0.2) is 0 Å². The zero-order valence-corrected chi connectivity index (χ0v) is 13.4. The topological polar surface area (TPSA) is 40.5 Å². The van der Waals surface area contributed by atoms with Gasteiger partial charge in [0, 0.05) is 31.5 Å². The van der Waals surface area contributed by atoms with E-state index in [9.17, 15) is 18.7 Å². The van der Waals surface area contributed by atoms with Crippen molar-refractivity contribution in [3.8, 4) is 0 Å². The molecule has 1 saturated carbocycles. The highest BCUT2D eigenvalue weighted by Gasteiger charge is 2.50. The molecule has 2 fully saturated rings. The van der Waals surface area contributed by atoms with Crippen LogP contribution in [0.3, 0.4) is 0 Å². The van der Waals surface area contributed by atoms with Gasteiger partial charge in [-0.1, -0.05) is 19.4 Å². The van der Waals surface area contributed by atoms with Gasteiger partial charge in [-0.15, -0.1) is 0 Å². The van der Waals surface area contributed by atoms with Crippen molar-refractivity contribution in [2.75, 3.05) is 13.1 Å². The van der Waals surface area contributed by atoms with Crippen LogP contribution in [0.1, 0.15) is 38.2 Å². The van der Waals surface area contributed by atoms with Crippen molar-refractivity contribution in [3.63, 3.8) is 0 Å². The lowest BCUT2D eigenvalue weighted by Crippen LogP contribution is -2.48. The van der Waals surface area contributed by atoms with Gasteiger partial charge < -0.3 is 10.0 Å². The van der Waals surface area contributed by atoms with Crippen LogP contribution in [0.15, 0.2) is 18.2 Å². The van der Waals surface area contributed by atoms with Crippen LogP contribution in [-0.4, -0.2) is 34.6 Å². The fraction of sp³-hybridized carbons (Fsp3) is 0.611. The summed E-state index contributed by atoms with van der Waals surface area (Å²) in [5.41, 5.74) is -0.420. The standard InChI is InChI=1S/C18H23F2NO2/c1-12-10-21(11-18(12,23)14-3-2-4-14)17(22)8-6-13-5-7-15(19)9-16(13)20/h5,7,9,12,14,23H,2-4,6,8,10-11H2,1H3/t12-,18+/m1/s1. The van der Waals surface area contributed by atoms with E-state index in [1.807, 2.05) is 6.92 Å². The van der Waals surface area contributed by atoms with E-state index in [1.54, 1.807) is 4.90 Å². The van der Waals surface area contributed by atoms with E-state index in [4.69, 9.17) is 0 Å². The summed E-state index contributed by atoms with van der Waals surface area (Å²) in [4.78, 5) is 14.1. The number of aliphatic hydroxyl groups is 1. The van der Waals surface area contributed by atoms with Crippen LogP contribution in [0.2, 0.25) is 0 Å². The SMILES string of the molecule is C[C@@H]1CN(C(=O)CCc2ccc(F)cc2F)C[C@@]1(O)C1CCC1. The number of likely N-dealkylation sites (tertiary alicyclic amines) is 1. The third kappa shape index (κ3) is 3.11. The number of halogens is 2. The molecule has 3 rings (SSSR count). The van der Waals surface area contributed by atoms with E-state index in [0.717, 1.165) is 25.3 Å². The number of hydrogen-bond donors (Lipinski definition) is 1. The smallest absolute Gasteiger partial charge is 0.223 e. The first-order valence-electron chi connectivity index (χ1n) is 8.34. The van der Waals surface area contributed by atoms with E-state index in [1.165, 1.54) is 12.1 Å². The fourth-order valence-electron chi connectivity index (χ4n) is 3.77. The number of β-amino-alcohol motifs (C(OH)–C–C–N with tert-alkyl or cyclic N) is 1. The summed E-state index contributed by atoms with van der Waals surface area (Å²) < 4.78 is 26.5. The van der Waals surface area contributed by atoms with Gasteiger partial charge in [0.25, 0.3) is 0 Å². The second-order valence-electron chi connectivity index (χ2n) is 7.03. The summed E-state index contributed by atoms with van der Waals surface area (Å²) in [5.74, 6) is -0.935. The van der Waals surface area contributed by atoms with Crippen LogP contribution < -0.4 is 0 Å². The van der Waals surface area contributed by atoms with Gasteiger partial charge in [0.2, 0.25) is 5.91 Å². The van der Waals surface area contributed by atoms with Crippen LogP contribution in [0.25, 0.3) is 0 Å². The van der Waals surface area contributed by atoms with Gasteiger partial charge in [0.05, 0.1) is 5.60 Å². The molecule has 1 amide bonds. The number of carbonyl (C=O) groups is 1. The number of benzene rings is 1. The van der Waals surface area contributed by atoms with Crippen LogP contribution in [-0.2, 0) is 11.2 Å². The molecule has 2 atom stereocenters. The summed E-state index contributed by atoms with van der Waals surface area (Å²) >= 11 is 0. The molecule has 0 unspecified atom stereocenters. The maximum atomic E-state index is 13.6. The number of rotatable bonds is 4. The van der Waals surface area contributed by atoms with E-state index in [2.05, 4.69) is 0 Å². The molecule has 1 aliphatic carbocycles. The Morgan fingerprint density at radius 1 is 1.39 bits per heavy atom. The van der Waals surface area contributed by atoms with Crippen LogP contribution in [0.5, 0.6) is 0 Å². The van der Waals surface area contributed by atoms with Crippen molar-refractivity contribution in [2.45, 2.75) is 44.6 Å². The van der Waals surface area contributed by atoms with Gasteiger partial charge in [-0.2, -0.15) is 0 Å². The van der Waals surface area contributed by atoms with Crippen LogP contribution >= 0.6 is 0 Å². The fourth-order valence-corrected chi connectivity index (χ4v) is 3.77. The minimum atomic E-state index is -0.769. The molecular formula is C18H23F2NO2. The number of carbonyl (C=O) groups excluding carboxylic acids is 1. The highest BCUT2D eigenvalue weighted by molar-refractivity contribution is 5.77. The zero-order chi connectivity index (χ0) is 16.6. The van der Waals surface area contributed by atoms with Gasteiger partial charge in [-0.25, -0.2) is 8.78 Å². The quantitative estimate of drug-likeness (QED) is 0.925. The number of hydrogen-bond acceptors (Lipinski definition) is 2. The first-order chi connectivity index (χ1) is 10.9. The Morgan fingerprint density at radius 2 is 2.13 bits per heavy atom. The lowest BCUT2D eigenvalue weighted by molar-refractivity contribution is -0.132. The molecule has 1 aromatic carbocycles. The lowest BCUT2D eigenvalue weighted by Gasteiger charge is -2.41. The number of aryl methyl sites for hydroxylation is 1. The molecule has 2 aliphatic rings. The van der Waals surface area contributed by atoms with Crippen molar-refractivity contribution >= 4 is 5.91 Å². The van der Waals surface area contributed by atoms with Gasteiger partial charge in [-0.3, -0.25) is 4.79 Å². The number of nitrogens with zero attached hydrogens (tertiary/aromatic N) is 1. The van der Waals surface area contributed by atoms with Crippen molar-refractivity contribution in [1.29, 1.82) is 0 Å². The molecule has 3 nitrogen and oxygen atoms in total. The maximum absolute atomic E-state index is 13.6. The second kappa shape index (κ2) is 6.19. The molecule has 1 saturated heterocycles. The molecule has 0 aromatic heterocycles. The summed E-state index contributed by atoms with van der Waals surface area (Å²) in [6.07, 6.45) is 3.64. The number of amides is 1. The average molecular weight is 323 g/mol. The van der Waals surface area contributed by atoms with E-state index >= 15 is 0 Å². The third-order valence-corrected chi connectivity index (χ3v) is 5.58. The molecule has 0 bridgehead atoms. The first kappa shape index (κ1) is 16.4. The molecule has 126 valence electrons. The summed E-state index contributed by atoms with van der Waals surface area (Å²) in [6, 6.07) is 3.43. The molecule has 23 heavy (non-hydrogen) atoms. The molecule has 1 aliphatic heterocycles. The minimum Gasteiger partial charge on any atom is -0.387 e. The van der Waals surface area contributed by atoms with E-state index in [-0.39, 0.29) is 24.7 Å². The average Bonchev–Trinajstić information content (AvgIpc) is 2.72. The Kier molecular flexibility index (Phi) is 4.41. The highest BCUT2D eigenvalue weighted by atomic mass is 19.1. The van der Waals surface area contributed by atoms with Gasteiger partial charge in [-0.05, 0) is 36.8 Å². The van der Waals surface area contributed by atoms with Crippen molar-refractivity contribution in [1.82, 2.24) is 4.90 Å². The molecule has 5 heteroatoms. The predicted octanol–water partition coefficient (Wildman–Crippen LogP) is 2.91. The Bertz CT molecular complexity index is 603. The minimum absolute atomic E-state index is 0.0688. The molecule has 1 aromatic rings.